The number of hydrogen-bond acceptors (Lipinski definition) is 8. The number of hydrogen-bond donors (Lipinski definition) is 2. The second-order valence-corrected chi connectivity index (χ2v) is 15.7. The highest BCUT2D eigenvalue weighted by Gasteiger charge is 2.31. The molecule has 0 saturated carbocycles. The van der Waals surface area contributed by atoms with Crippen molar-refractivity contribution in [2.75, 3.05) is 33.0 Å². The molecule has 3 atom stereocenters. The maximum Gasteiger partial charge on any atom is 0.162 e. The van der Waals surface area contributed by atoms with E-state index in [0.717, 1.165) is 19.3 Å². The fourth-order valence-electron chi connectivity index (χ4n) is 5.33. The van der Waals surface area contributed by atoms with E-state index in [4.69, 9.17) is 61.1 Å². The van der Waals surface area contributed by atoms with Crippen molar-refractivity contribution in [1.82, 2.24) is 0 Å². The average Bonchev–Trinajstić information content (AvgIpc) is 3.09. The van der Waals surface area contributed by atoms with Gasteiger partial charge in [0, 0.05) is 17.8 Å². The lowest BCUT2D eigenvalue weighted by Gasteiger charge is -2.31. The molecule has 0 aliphatic heterocycles. The normalized spacial score (nSPS) is 14.2. The van der Waals surface area contributed by atoms with Crippen LogP contribution in [0.3, 0.4) is 0 Å². The Balaban J connectivity index is 0. The molecule has 8 heteroatoms. The molecule has 5 nitrogen and oxygen atoms in total. The van der Waals surface area contributed by atoms with Crippen LogP contribution in [0, 0.1) is 23.2 Å². The third-order valence-electron chi connectivity index (χ3n) is 8.97. The number of aliphatic hydroxyl groups is 2. The Morgan fingerprint density at radius 2 is 0.688 bits per heavy atom. The molecule has 0 spiro atoms. The first-order valence-corrected chi connectivity index (χ1v) is 21.0. The van der Waals surface area contributed by atoms with Gasteiger partial charge < -0.3 is 24.4 Å². The Bertz CT molecular complexity index is 668. The molecule has 0 rings (SSSR count). The Kier molecular flexibility index (Phi) is 36.3. The summed E-state index contributed by atoms with van der Waals surface area (Å²) in [7, 11) is 0. The lowest BCUT2D eigenvalue weighted by Crippen LogP contribution is -2.38. The SMILES string of the molecule is CCCCCCCCC(C)C(=S)OCC(C)(COC(=S)C(C)CCCCCCCC)COC(=S)C(C)CCCCCCCC.OCCO. The topological polar surface area (TPSA) is 68.2 Å². The van der Waals surface area contributed by atoms with Crippen LogP contribution in [0.15, 0.2) is 0 Å². The van der Waals surface area contributed by atoms with Crippen LogP contribution in [0.5, 0.6) is 0 Å². The van der Waals surface area contributed by atoms with Gasteiger partial charge in [-0.15, -0.1) is 0 Å². The van der Waals surface area contributed by atoms with Crippen molar-refractivity contribution < 1.29 is 24.4 Å². The third kappa shape index (κ3) is 30.4. The van der Waals surface area contributed by atoms with Crippen molar-refractivity contribution in [1.29, 1.82) is 0 Å². The molecule has 0 radical (unpaired) electrons. The van der Waals surface area contributed by atoms with Gasteiger partial charge in [-0.1, -0.05) is 157 Å². The summed E-state index contributed by atoms with van der Waals surface area (Å²) in [6, 6.07) is 0. The number of unbranched alkanes of at least 4 members (excludes halogenated alkanes) is 15. The van der Waals surface area contributed by atoms with Gasteiger partial charge in [0.2, 0.25) is 0 Å². The van der Waals surface area contributed by atoms with Crippen molar-refractivity contribution in [3.05, 3.63) is 0 Å². The van der Waals surface area contributed by atoms with Crippen molar-refractivity contribution in [3.63, 3.8) is 0 Å². The van der Waals surface area contributed by atoms with Crippen LogP contribution in [0.25, 0.3) is 0 Å². The van der Waals surface area contributed by atoms with Crippen LogP contribution in [0.1, 0.15) is 183 Å². The van der Waals surface area contributed by atoms with Crippen LogP contribution < -0.4 is 0 Å². The fraction of sp³-hybridized carbons (Fsp3) is 0.925. The first kappa shape index (κ1) is 49.7. The van der Waals surface area contributed by atoms with Gasteiger partial charge in [-0.3, -0.25) is 0 Å². The summed E-state index contributed by atoms with van der Waals surface area (Å²) in [5.41, 5.74) is -0.405. The minimum atomic E-state index is -0.405. The molecule has 48 heavy (non-hydrogen) atoms. The maximum absolute atomic E-state index is 7.62. The molecule has 0 bridgehead atoms. The first-order chi connectivity index (χ1) is 23.0. The summed E-state index contributed by atoms with van der Waals surface area (Å²) in [6.45, 7) is 16.6. The van der Waals surface area contributed by atoms with E-state index in [1.165, 1.54) is 116 Å². The number of aliphatic hydroxyl groups excluding tert-OH is 2. The molecule has 0 heterocycles. The van der Waals surface area contributed by atoms with Crippen molar-refractivity contribution in [3.8, 4) is 0 Å². The van der Waals surface area contributed by atoms with Crippen molar-refractivity contribution >= 4 is 51.8 Å². The summed E-state index contributed by atoms with van der Waals surface area (Å²) in [5, 5.41) is 17.3. The zero-order valence-electron chi connectivity index (χ0n) is 32.5. The molecular formula is C40H78O5S3. The predicted octanol–water partition coefficient (Wildman–Crippen LogP) is 12.2. The lowest BCUT2D eigenvalue weighted by atomic mass is 9.93. The van der Waals surface area contributed by atoms with Crippen LogP contribution in [0.2, 0.25) is 0 Å². The summed E-state index contributed by atoms with van der Waals surface area (Å²) >= 11 is 17.2. The Labute approximate surface area is 314 Å². The number of ether oxygens (including phenoxy) is 3. The van der Waals surface area contributed by atoms with Crippen molar-refractivity contribution in [2.24, 2.45) is 23.2 Å². The summed E-state index contributed by atoms with van der Waals surface area (Å²) in [6.07, 6.45) is 26.5. The fourth-order valence-corrected chi connectivity index (χ4v) is 5.86. The van der Waals surface area contributed by atoms with E-state index in [1.54, 1.807) is 0 Å². The van der Waals surface area contributed by atoms with Gasteiger partial charge in [-0.05, 0) is 62.8 Å². The molecular weight excluding hydrogens is 657 g/mol. The first-order valence-electron chi connectivity index (χ1n) is 19.7. The lowest BCUT2D eigenvalue weighted by molar-refractivity contribution is 0.0314. The average molecular weight is 735 g/mol. The van der Waals surface area contributed by atoms with Gasteiger partial charge in [-0.2, -0.15) is 0 Å². The molecule has 0 aromatic rings. The summed E-state index contributed by atoms with van der Waals surface area (Å²) in [4.78, 5) is 0. The molecule has 0 fully saturated rings. The second-order valence-electron chi connectivity index (χ2n) is 14.5. The van der Waals surface area contributed by atoms with E-state index in [9.17, 15) is 0 Å². The molecule has 0 aromatic heterocycles. The summed E-state index contributed by atoms with van der Waals surface area (Å²) < 4.78 is 18.8. The van der Waals surface area contributed by atoms with Crippen LogP contribution >= 0.6 is 36.7 Å². The number of rotatable bonds is 31. The minimum Gasteiger partial charge on any atom is -0.486 e. The van der Waals surface area contributed by atoms with Gasteiger partial charge in [0.25, 0.3) is 0 Å². The molecule has 0 amide bonds. The highest BCUT2D eigenvalue weighted by atomic mass is 32.1. The molecule has 0 aliphatic rings. The van der Waals surface area contributed by atoms with Gasteiger partial charge >= 0.3 is 0 Å². The molecule has 286 valence electrons. The Morgan fingerprint density at radius 3 is 0.917 bits per heavy atom. The van der Waals surface area contributed by atoms with E-state index in [-0.39, 0.29) is 31.0 Å². The standard InChI is InChI=1S/C38H72O3S3.C2H6O2/c1-8-11-14-17-20-23-26-32(4)35(42)39-29-38(7,30-40-36(43)33(5)27-24-21-18-15-12-9-2)31-41-37(44)34(6)28-25-22-19-16-13-10-3;3-1-2-4/h32-34H,8-31H2,1-7H3;3-4H,1-2H2. The van der Waals surface area contributed by atoms with E-state index in [1.807, 2.05) is 0 Å². The maximum atomic E-state index is 7.62. The van der Waals surface area contributed by atoms with E-state index >= 15 is 0 Å². The Hall–Kier alpha value is -0.410. The quantitative estimate of drug-likeness (QED) is 0.0539. The zero-order chi connectivity index (χ0) is 36.5. The zero-order valence-corrected chi connectivity index (χ0v) is 34.9. The van der Waals surface area contributed by atoms with Crippen molar-refractivity contribution in [2.45, 2.75) is 183 Å². The molecule has 3 unspecified atom stereocenters. The minimum absolute atomic E-state index is 0.125. The van der Waals surface area contributed by atoms with E-state index in [2.05, 4.69) is 48.5 Å². The second kappa shape index (κ2) is 35.0. The van der Waals surface area contributed by atoms with Crippen LogP contribution in [0.4, 0.5) is 0 Å². The van der Waals surface area contributed by atoms with Gasteiger partial charge in [0.05, 0.1) is 18.6 Å². The van der Waals surface area contributed by atoms with Gasteiger partial charge in [0.15, 0.2) is 15.2 Å². The van der Waals surface area contributed by atoms with E-state index in [0.29, 0.717) is 35.0 Å². The van der Waals surface area contributed by atoms with E-state index < -0.39 is 5.41 Å². The van der Waals surface area contributed by atoms with Crippen LogP contribution in [-0.4, -0.2) is 58.4 Å². The largest absolute Gasteiger partial charge is 0.486 e. The highest BCUT2D eigenvalue weighted by Crippen LogP contribution is 2.25. The Morgan fingerprint density at radius 1 is 0.458 bits per heavy atom. The number of thiocarbonyl (C=S) groups is 3. The van der Waals surface area contributed by atoms with Crippen LogP contribution in [-0.2, 0) is 14.2 Å². The molecule has 0 aliphatic carbocycles. The van der Waals surface area contributed by atoms with Gasteiger partial charge in [-0.25, -0.2) is 0 Å². The molecule has 2 N–H and O–H groups in total. The highest BCUT2D eigenvalue weighted by molar-refractivity contribution is 7.80. The molecule has 0 saturated heterocycles. The predicted molar refractivity (Wildman–Crippen MR) is 219 cm³/mol. The third-order valence-corrected chi connectivity index (χ3v) is 10.5. The summed E-state index contributed by atoms with van der Waals surface area (Å²) in [5.74, 6) is 0.789. The monoisotopic (exact) mass is 735 g/mol. The smallest absolute Gasteiger partial charge is 0.162 e. The van der Waals surface area contributed by atoms with Gasteiger partial charge in [0.1, 0.15) is 19.8 Å². The molecule has 0 aromatic carbocycles.